The number of nitrogens with zero attached hydrogens (tertiary/aromatic N) is 5. The van der Waals surface area contributed by atoms with Crippen LogP contribution < -0.4 is 15.4 Å². The standard InChI is InChI=1S/C17H15N7O3/c1-25-13-6-4-12(5-7-13)20-15-14(22-27-24-15)16-21-17(26-23-16)19-10-11-3-2-8-18-9-11/h2-9H,10H2,1H3,(H,20,24)(H,19,21,23). The van der Waals surface area contributed by atoms with Gasteiger partial charge >= 0.3 is 6.01 Å². The van der Waals surface area contributed by atoms with Gasteiger partial charge in [-0.1, -0.05) is 11.2 Å². The predicted molar refractivity (Wildman–Crippen MR) is 95.4 cm³/mol. The molecule has 0 aliphatic rings. The third-order valence-corrected chi connectivity index (χ3v) is 3.65. The molecule has 0 bridgehead atoms. The number of benzene rings is 1. The first-order chi connectivity index (χ1) is 13.3. The molecule has 27 heavy (non-hydrogen) atoms. The Balaban J connectivity index is 1.46. The minimum atomic E-state index is 0.251. The number of pyridine rings is 1. The molecule has 0 spiro atoms. The molecule has 0 unspecified atom stereocenters. The summed E-state index contributed by atoms with van der Waals surface area (Å²) in [5.41, 5.74) is 2.11. The number of nitrogens with one attached hydrogen (secondary N) is 2. The van der Waals surface area contributed by atoms with Gasteiger partial charge in [-0.2, -0.15) is 4.98 Å². The van der Waals surface area contributed by atoms with Crippen molar-refractivity contribution in [1.29, 1.82) is 0 Å². The van der Waals surface area contributed by atoms with Crippen LogP contribution in [0.1, 0.15) is 5.56 Å². The molecule has 4 rings (SSSR count). The van der Waals surface area contributed by atoms with Gasteiger partial charge in [0.15, 0.2) is 5.69 Å². The summed E-state index contributed by atoms with van der Waals surface area (Å²) in [4.78, 5) is 8.32. The lowest BCUT2D eigenvalue weighted by Crippen LogP contribution is -1.99. The highest BCUT2D eigenvalue weighted by Crippen LogP contribution is 2.26. The normalized spacial score (nSPS) is 10.6. The lowest BCUT2D eigenvalue weighted by molar-refractivity contribution is 0.310. The first-order valence-electron chi connectivity index (χ1n) is 8.02. The molecule has 4 aromatic rings. The molecule has 1 aromatic carbocycles. The van der Waals surface area contributed by atoms with Crippen molar-refractivity contribution in [3.05, 3.63) is 54.4 Å². The Kier molecular flexibility index (Phi) is 4.60. The van der Waals surface area contributed by atoms with E-state index >= 15 is 0 Å². The lowest BCUT2D eigenvalue weighted by Gasteiger charge is -2.04. The van der Waals surface area contributed by atoms with Gasteiger partial charge in [0.2, 0.25) is 11.6 Å². The van der Waals surface area contributed by atoms with Crippen LogP contribution in [0.15, 0.2) is 57.9 Å². The van der Waals surface area contributed by atoms with Gasteiger partial charge in [-0.15, -0.1) is 0 Å². The van der Waals surface area contributed by atoms with Gasteiger partial charge in [-0.05, 0) is 46.2 Å². The molecule has 0 amide bonds. The van der Waals surface area contributed by atoms with Gasteiger partial charge in [0, 0.05) is 24.6 Å². The van der Waals surface area contributed by atoms with Crippen molar-refractivity contribution in [3.8, 4) is 17.3 Å². The van der Waals surface area contributed by atoms with E-state index in [9.17, 15) is 0 Å². The number of methoxy groups -OCH3 is 1. The van der Waals surface area contributed by atoms with E-state index in [4.69, 9.17) is 13.9 Å². The SMILES string of the molecule is COc1ccc(Nc2nonc2-c2noc(NCc3cccnc3)n2)cc1. The lowest BCUT2D eigenvalue weighted by atomic mass is 10.3. The zero-order valence-corrected chi connectivity index (χ0v) is 14.3. The summed E-state index contributed by atoms with van der Waals surface area (Å²) < 4.78 is 15.2. The molecule has 0 fully saturated rings. The first-order valence-corrected chi connectivity index (χ1v) is 8.02. The maximum Gasteiger partial charge on any atom is 0.322 e. The monoisotopic (exact) mass is 365 g/mol. The average molecular weight is 365 g/mol. The van der Waals surface area contributed by atoms with E-state index in [0.29, 0.717) is 18.1 Å². The number of hydrogen-bond donors (Lipinski definition) is 2. The van der Waals surface area contributed by atoms with Crippen LogP contribution in [0.25, 0.3) is 11.5 Å². The summed E-state index contributed by atoms with van der Waals surface area (Å²) in [6, 6.07) is 11.4. The number of ether oxygens (including phenoxy) is 1. The van der Waals surface area contributed by atoms with Crippen molar-refractivity contribution in [1.82, 2.24) is 25.4 Å². The molecule has 0 saturated heterocycles. The summed E-state index contributed by atoms with van der Waals surface area (Å²) in [6.45, 7) is 0.503. The van der Waals surface area contributed by atoms with E-state index in [1.807, 2.05) is 36.4 Å². The van der Waals surface area contributed by atoms with Crippen LogP contribution in [0.5, 0.6) is 5.75 Å². The van der Waals surface area contributed by atoms with E-state index in [2.05, 4.69) is 36.1 Å². The third-order valence-electron chi connectivity index (χ3n) is 3.65. The van der Waals surface area contributed by atoms with Gasteiger partial charge in [0.1, 0.15) is 5.75 Å². The summed E-state index contributed by atoms with van der Waals surface area (Å²) in [7, 11) is 1.61. The number of aromatic nitrogens is 5. The summed E-state index contributed by atoms with van der Waals surface area (Å²) >= 11 is 0. The zero-order chi connectivity index (χ0) is 18.5. The fourth-order valence-corrected chi connectivity index (χ4v) is 2.30. The van der Waals surface area contributed by atoms with Crippen molar-refractivity contribution in [2.45, 2.75) is 6.54 Å². The summed E-state index contributed by atoms with van der Waals surface area (Å²) in [5, 5.41) is 17.7. The van der Waals surface area contributed by atoms with Crippen molar-refractivity contribution in [3.63, 3.8) is 0 Å². The minimum Gasteiger partial charge on any atom is -0.497 e. The molecule has 0 aliphatic heterocycles. The van der Waals surface area contributed by atoms with E-state index in [-0.39, 0.29) is 11.8 Å². The molecule has 0 saturated carbocycles. The van der Waals surface area contributed by atoms with Crippen molar-refractivity contribution in [2.75, 3.05) is 17.7 Å². The Hall–Kier alpha value is -3.95. The smallest absolute Gasteiger partial charge is 0.322 e. The Morgan fingerprint density at radius 1 is 1.07 bits per heavy atom. The van der Waals surface area contributed by atoms with Crippen LogP contribution in [0.4, 0.5) is 17.5 Å². The maximum absolute atomic E-state index is 5.20. The van der Waals surface area contributed by atoms with E-state index in [1.165, 1.54) is 0 Å². The molecule has 0 atom stereocenters. The maximum atomic E-state index is 5.20. The second-order valence-electron chi connectivity index (χ2n) is 5.45. The van der Waals surface area contributed by atoms with Crippen LogP contribution in [0.3, 0.4) is 0 Å². The minimum absolute atomic E-state index is 0.251. The Labute approximate surface area is 153 Å². The van der Waals surface area contributed by atoms with Crippen LogP contribution in [-0.4, -0.2) is 32.5 Å². The van der Waals surface area contributed by atoms with E-state index in [0.717, 1.165) is 17.0 Å². The molecule has 10 heteroatoms. The van der Waals surface area contributed by atoms with Crippen molar-refractivity contribution < 1.29 is 13.9 Å². The average Bonchev–Trinajstić information content (AvgIpc) is 3.37. The molecule has 3 aromatic heterocycles. The molecule has 10 nitrogen and oxygen atoms in total. The van der Waals surface area contributed by atoms with E-state index < -0.39 is 0 Å². The van der Waals surface area contributed by atoms with Gasteiger partial charge in [-0.3, -0.25) is 4.98 Å². The van der Waals surface area contributed by atoms with Gasteiger partial charge in [0.05, 0.1) is 7.11 Å². The van der Waals surface area contributed by atoms with Crippen LogP contribution >= 0.6 is 0 Å². The molecule has 0 radical (unpaired) electrons. The topological polar surface area (TPSA) is 124 Å². The Morgan fingerprint density at radius 2 is 1.96 bits per heavy atom. The second kappa shape index (κ2) is 7.52. The highest BCUT2D eigenvalue weighted by Gasteiger charge is 2.19. The van der Waals surface area contributed by atoms with Crippen molar-refractivity contribution >= 4 is 17.5 Å². The Morgan fingerprint density at radius 3 is 2.74 bits per heavy atom. The summed E-state index contributed by atoms with van der Waals surface area (Å²) in [5.74, 6) is 1.38. The highest BCUT2D eigenvalue weighted by molar-refractivity contribution is 5.70. The van der Waals surface area contributed by atoms with Gasteiger partial charge in [-0.25, -0.2) is 4.63 Å². The fourth-order valence-electron chi connectivity index (χ4n) is 2.30. The molecule has 2 N–H and O–H groups in total. The zero-order valence-electron chi connectivity index (χ0n) is 14.3. The van der Waals surface area contributed by atoms with Crippen LogP contribution in [-0.2, 0) is 6.54 Å². The van der Waals surface area contributed by atoms with Crippen LogP contribution in [0.2, 0.25) is 0 Å². The highest BCUT2D eigenvalue weighted by atomic mass is 16.6. The predicted octanol–water partition coefficient (Wildman–Crippen LogP) is 2.88. The largest absolute Gasteiger partial charge is 0.497 e. The molecule has 136 valence electrons. The van der Waals surface area contributed by atoms with E-state index in [1.54, 1.807) is 19.5 Å². The molecular weight excluding hydrogens is 350 g/mol. The van der Waals surface area contributed by atoms with Gasteiger partial charge < -0.3 is 19.9 Å². The first kappa shape index (κ1) is 16.5. The third kappa shape index (κ3) is 3.84. The quantitative estimate of drug-likeness (QED) is 0.505. The second-order valence-corrected chi connectivity index (χ2v) is 5.45. The Bertz CT molecular complexity index is 999. The molecule has 3 heterocycles. The molecule has 0 aliphatic carbocycles. The number of rotatable bonds is 7. The number of hydrogen-bond acceptors (Lipinski definition) is 10. The fraction of sp³-hybridized carbons (Fsp3) is 0.118. The van der Waals surface area contributed by atoms with Crippen molar-refractivity contribution in [2.24, 2.45) is 0 Å². The molecular formula is C17H15N7O3. The summed E-state index contributed by atoms with van der Waals surface area (Å²) in [6.07, 6.45) is 3.46. The van der Waals surface area contributed by atoms with Crippen LogP contribution in [0, 0.1) is 0 Å². The number of anilines is 3. The van der Waals surface area contributed by atoms with Gasteiger partial charge in [0.25, 0.3) is 0 Å².